The highest BCUT2D eigenvalue weighted by atomic mass is 16.6. The van der Waals surface area contributed by atoms with Crippen molar-refractivity contribution in [3.05, 3.63) is 12.1 Å². The van der Waals surface area contributed by atoms with Crippen molar-refractivity contribution in [2.24, 2.45) is 0 Å². The number of ether oxygens (including phenoxy) is 2. The van der Waals surface area contributed by atoms with Crippen molar-refractivity contribution in [2.45, 2.75) is 45.2 Å². The standard InChI is InChI=1S/C17H24N2O4/c1-5-17(4)10-19(16(2,3)15(20)21)12-9-14-13(8-11(12)18-17)22-6-7-23-14/h8-9,18H,5-7,10H2,1-4H3,(H,20,21). The third-order valence-electron chi connectivity index (χ3n) is 4.87. The second-order valence-corrected chi connectivity index (χ2v) is 7.00. The number of carbonyl (C=O) groups is 1. The zero-order chi connectivity index (χ0) is 16.8. The summed E-state index contributed by atoms with van der Waals surface area (Å²) in [6, 6.07) is 3.80. The van der Waals surface area contributed by atoms with E-state index in [0.717, 1.165) is 17.8 Å². The van der Waals surface area contributed by atoms with Gasteiger partial charge < -0.3 is 24.8 Å². The van der Waals surface area contributed by atoms with Gasteiger partial charge in [-0.2, -0.15) is 0 Å². The average Bonchev–Trinajstić information content (AvgIpc) is 2.52. The monoisotopic (exact) mass is 320 g/mol. The summed E-state index contributed by atoms with van der Waals surface area (Å²) in [6.07, 6.45) is 0.882. The molecule has 0 aliphatic carbocycles. The van der Waals surface area contributed by atoms with Crippen LogP contribution in [-0.4, -0.2) is 41.9 Å². The van der Waals surface area contributed by atoms with E-state index in [9.17, 15) is 9.90 Å². The predicted octanol–water partition coefficient (Wildman–Crippen LogP) is 2.72. The molecule has 0 aromatic heterocycles. The molecule has 0 saturated heterocycles. The van der Waals surface area contributed by atoms with E-state index in [1.54, 1.807) is 13.8 Å². The first-order chi connectivity index (χ1) is 10.8. The van der Waals surface area contributed by atoms with Gasteiger partial charge in [0.2, 0.25) is 0 Å². The van der Waals surface area contributed by atoms with Crippen molar-refractivity contribution >= 4 is 17.3 Å². The molecular weight excluding hydrogens is 296 g/mol. The molecule has 0 spiro atoms. The highest BCUT2D eigenvalue weighted by Crippen LogP contribution is 2.46. The van der Waals surface area contributed by atoms with E-state index in [0.29, 0.717) is 31.3 Å². The number of benzene rings is 1. The van der Waals surface area contributed by atoms with Crippen LogP contribution in [0.25, 0.3) is 0 Å². The highest BCUT2D eigenvalue weighted by molar-refractivity contribution is 5.87. The first-order valence-electron chi connectivity index (χ1n) is 8.00. The zero-order valence-electron chi connectivity index (χ0n) is 14.1. The summed E-state index contributed by atoms with van der Waals surface area (Å²) in [5.41, 5.74) is 0.507. The van der Waals surface area contributed by atoms with Gasteiger partial charge >= 0.3 is 5.97 Å². The van der Waals surface area contributed by atoms with Crippen molar-refractivity contribution < 1.29 is 19.4 Å². The fourth-order valence-electron chi connectivity index (χ4n) is 3.01. The smallest absolute Gasteiger partial charge is 0.328 e. The van der Waals surface area contributed by atoms with Gasteiger partial charge in [0.1, 0.15) is 18.8 Å². The van der Waals surface area contributed by atoms with Crippen LogP contribution in [0.2, 0.25) is 0 Å². The third-order valence-corrected chi connectivity index (χ3v) is 4.87. The van der Waals surface area contributed by atoms with Crippen LogP contribution in [0.15, 0.2) is 12.1 Å². The van der Waals surface area contributed by atoms with Gasteiger partial charge in [0, 0.05) is 18.7 Å². The van der Waals surface area contributed by atoms with E-state index in [-0.39, 0.29) is 5.54 Å². The Hall–Kier alpha value is -2.11. The molecule has 3 rings (SSSR count). The Labute approximate surface area is 136 Å². The highest BCUT2D eigenvalue weighted by Gasteiger charge is 2.43. The predicted molar refractivity (Wildman–Crippen MR) is 88.8 cm³/mol. The minimum Gasteiger partial charge on any atom is -0.486 e. The Balaban J connectivity index is 2.13. The summed E-state index contributed by atoms with van der Waals surface area (Å²) < 4.78 is 11.3. The molecule has 0 amide bonds. The molecule has 2 aliphatic heterocycles. The molecule has 0 radical (unpaired) electrons. The van der Waals surface area contributed by atoms with E-state index in [4.69, 9.17) is 9.47 Å². The number of aliphatic carboxylic acids is 1. The van der Waals surface area contributed by atoms with Crippen molar-refractivity contribution in [2.75, 3.05) is 30.0 Å². The largest absolute Gasteiger partial charge is 0.486 e. The van der Waals surface area contributed by atoms with E-state index in [2.05, 4.69) is 19.2 Å². The summed E-state index contributed by atoms with van der Waals surface area (Å²) in [5.74, 6) is 0.526. The molecule has 2 N–H and O–H groups in total. The summed E-state index contributed by atoms with van der Waals surface area (Å²) in [7, 11) is 0. The van der Waals surface area contributed by atoms with Crippen LogP contribution in [0, 0.1) is 0 Å². The van der Waals surface area contributed by atoms with E-state index >= 15 is 0 Å². The number of nitrogens with zero attached hydrogens (tertiary/aromatic N) is 1. The summed E-state index contributed by atoms with van der Waals surface area (Å²) in [4.78, 5) is 13.7. The summed E-state index contributed by atoms with van der Waals surface area (Å²) >= 11 is 0. The minimum atomic E-state index is -1.02. The van der Waals surface area contributed by atoms with Gasteiger partial charge in [0.15, 0.2) is 11.5 Å². The number of fused-ring (bicyclic) bond motifs is 2. The SMILES string of the molecule is CCC1(C)CN(C(C)(C)C(=O)O)c2cc3c(cc2N1)OCCO3. The quantitative estimate of drug-likeness (QED) is 0.892. The molecule has 0 saturated carbocycles. The molecule has 0 bridgehead atoms. The lowest BCUT2D eigenvalue weighted by molar-refractivity contribution is -0.142. The van der Waals surface area contributed by atoms with E-state index < -0.39 is 11.5 Å². The van der Waals surface area contributed by atoms with Crippen LogP contribution in [0.5, 0.6) is 11.5 Å². The van der Waals surface area contributed by atoms with E-state index in [1.807, 2.05) is 17.0 Å². The number of carboxylic acid groups (broad SMARTS) is 1. The average molecular weight is 320 g/mol. The molecule has 6 nitrogen and oxygen atoms in total. The summed E-state index contributed by atoms with van der Waals surface area (Å²) in [6.45, 7) is 9.32. The second-order valence-electron chi connectivity index (χ2n) is 7.00. The molecule has 126 valence electrons. The van der Waals surface area contributed by atoms with Crippen molar-refractivity contribution in [3.63, 3.8) is 0 Å². The molecule has 1 atom stereocenters. The van der Waals surface area contributed by atoms with Gasteiger partial charge in [0.05, 0.1) is 16.9 Å². The Morgan fingerprint density at radius 3 is 2.52 bits per heavy atom. The topological polar surface area (TPSA) is 71.0 Å². The molecule has 2 aliphatic rings. The van der Waals surface area contributed by atoms with Crippen molar-refractivity contribution in [1.82, 2.24) is 0 Å². The molecular formula is C17H24N2O4. The number of nitrogens with one attached hydrogen (secondary N) is 1. The fourth-order valence-corrected chi connectivity index (χ4v) is 3.01. The normalized spacial score (nSPS) is 23.0. The van der Waals surface area contributed by atoms with Crippen LogP contribution in [0.3, 0.4) is 0 Å². The molecule has 1 aromatic rings. The first-order valence-corrected chi connectivity index (χ1v) is 8.00. The van der Waals surface area contributed by atoms with E-state index in [1.165, 1.54) is 0 Å². The molecule has 1 unspecified atom stereocenters. The lowest BCUT2D eigenvalue weighted by Crippen LogP contribution is -2.60. The maximum atomic E-state index is 11.8. The number of carboxylic acids is 1. The minimum absolute atomic E-state index is 0.205. The molecule has 1 aromatic carbocycles. The molecule has 6 heteroatoms. The number of rotatable bonds is 3. The van der Waals surface area contributed by atoms with Gasteiger partial charge in [-0.25, -0.2) is 4.79 Å². The van der Waals surface area contributed by atoms with Crippen molar-refractivity contribution in [3.8, 4) is 11.5 Å². The van der Waals surface area contributed by atoms with Crippen LogP contribution >= 0.6 is 0 Å². The van der Waals surface area contributed by atoms with Crippen molar-refractivity contribution in [1.29, 1.82) is 0 Å². The second kappa shape index (κ2) is 5.22. The van der Waals surface area contributed by atoms with Gasteiger partial charge in [-0.05, 0) is 27.2 Å². The molecule has 0 fully saturated rings. The van der Waals surface area contributed by atoms with Gasteiger partial charge in [0.25, 0.3) is 0 Å². The number of anilines is 2. The lowest BCUT2D eigenvalue weighted by Gasteiger charge is -2.49. The zero-order valence-corrected chi connectivity index (χ0v) is 14.1. The summed E-state index contributed by atoms with van der Waals surface area (Å²) in [5, 5.41) is 13.2. The first kappa shape index (κ1) is 15.8. The van der Waals surface area contributed by atoms with Gasteiger partial charge in [-0.3, -0.25) is 0 Å². The Morgan fingerprint density at radius 2 is 1.96 bits per heavy atom. The Kier molecular flexibility index (Phi) is 3.58. The fraction of sp³-hybridized carbons (Fsp3) is 0.588. The van der Waals surface area contributed by atoms with Gasteiger partial charge in [-0.1, -0.05) is 6.92 Å². The lowest BCUT2D eigenvalue weighted by atomic mass is 9.89. The molecule has 23 heavy (non-hydrogen) atoms. The number of hydrogen-bond acceptors (Lipinski definition) is 5. The van der Waals surface area contributed by atoms with Crippen LogP contribution in [-0.2, 0) is 4.79 Å². The maximum absolute atomic E-state index is 11.8. The van der Waals surface area contributed by atoms with Crippen LogP contribution < -0.4 is 19.7 Å². The third kappa shape index (κ3) is 2.56. The number of hydrogen-bond donors (Lipinski definition) is 2. The Morgan fingerprint density at radius 1 is 1.35 bits per heavy atom. The van der Waals surface area contributed by atoms with Crippen LogP contribution in [0.1, 0.15) is 34.1 Å². The maximum Gasteiger partial charge on any atom is 0.328 e. The van der Waals surface area contributed by atoms with Crippen LogP contribution in [0.4, 0.5) is 11.4 Å². The Bertz CT molecular complexity index is 644. The van der Waals surface area contributed by atoms with Gasteiger partial charge in [-0.15, -0.1) is 0 Å². The molecule has 2 heterocycles.